The minimum atomic E-state index is -3.60. The van der Waals surface area contributed by atoms with Crippen molar-refractivity contribution in [3.05, 3.63) is 29.8 Å². The minimum Gasteiger partial charge on any atom is -0.384 e. The third-order valence-electron chi connectivity index (χ3n) is 2.43. The summed E-state index contributed by atoms with van der Waals surface area (Å²) in [6.07, 6.45) is 0.812. The van der Waals surface area contributed by atoms with E-state index in [0.29, 0.717) is 6.61 Å². The number of ether oxygens (including phenoxy) is 1. The molecule has 0 bridgehead atoms. The minimum absolute atomic E-state index is 0.205. The molecule has 1 aromatic heterocycles. The van der Waals surface area contributed by atoms with Gasteiger partial charge in [0.2, 0.25) is 10.0 Å². The van der Waals surface area contributed by atoms with E-state index in [-0.39, 0.29) is 4.21 Å². The van der Waals surface area contributed by atoms with E-state index in [1.165, 1.54) is 11.3 Å². The molecule has 92 valence electrons. The van der Waals surface area contributed by atoms with Crippen LogP contribution in [0.15, 0.2) is 28.5 Å². The largest absolute Gasteiger partial charge is 0.384 e. The van der Waals surface area contributed by atoms with Gasteiger partial charge in [-0.25, -0.2) is 13.6 Å². The van der Waals surface area contributed by atoms with Gasteiger partial charge in [0.15, 0.2) is 0 Å². The van der Waals surface area contributed by atoms with E-state index in [2.05, 4.69) is 0 Å². The number of nitrogens with two attached hydrogens (primary N) is 1. The zero-order valence-corrected chi connectivity index (χ0v) is 11.0. The van der Waals surface area contributed by atoms with Crippen LogP contribution in [0.5, 0.6) is 0 Å². The summed E-state index contributed by atoms with van der Waals surface area (Å²) in [6.45, 7) is 0.650. The Morgan fingerprint density at radius 3 is 2.76 bits per heavy atom. The second kappa shape index (κ2) is 4.73. The Morgan fingerprint density at radius 2 is 2.12 bits per heavy atom. The molecule has 0 unspecified atom stereocenters. The van der Waals surface area contributed by atoms with Gasteiger partial charge in [-0.1, -0.05) is 12.1 Å². The summed E-state index contributed by atoms with van der Waals surface area (Å²) in [5.74, 6) is 0. The Morgan fingerprint density at radius 1 is 1.35 bits per heavy atom. The van der Waals surface area contributed by atoms with Crippen molar-refractivity contribution < 1.29 is 13.2 Å². The molecule has 0 aliphatic carbocycles. The van der Waals surface area contributed by atoms with Gasteiger partial charge in [-0.3, -0.25) is 0 Å². The van der Waals surface area contributed by atoms with Crippen molar-refractivity contribution in [3.63, 3.8) is 0 Å². The number of thiophene rings is 1. The number of hydrogen-bond acceptors (Lipinski definition) is 4. The summed E-state index contributed by atoms with van der Waals surface area (Å²) >= 11 is 1.19. The van der Waals surface area contributed by atoms with Gasteiger partial charge < -0.3 is 4.74 Å². The maximum atomic E-state index is 11.2. The molecule has 0 aliphatic rings. The van der Waals surface area contributed by atoms with Crippen molar-refractivity contribution in [1.82, 2.24) is 0 Å². The lowest BCUT2D eigenvalue weighted by atomic mass is 10.1. The number of fused-ring (bicyclic) bond motifs is 1. The lowest BCUT2D eigenvalue weighted by molar-refractivity contribution is 0.202. The molecule has 0 atom stereocenters. The van der Waals surface area contributed by atoms with Crippen LogP contribution in [0, 0.1) is 0 Å². The van der Waals surface area contributed by atoms with E-state index in [9.17, 15) is 8.42 Å². The van der Waals surface area contributed by atoms with Crippen molar-refractivity contribution in [1.29, 1.82) is 0 Å². The molecule has 2 N–H and O–H groups in total. The van der Waals surface area contributed by atoms with E-state index in [0.717, 1.165) is 22.1 Å². The van der Waals surface area contributed by atoms with Crippen LogP contribution in [0.25, 0.3) is 10.1 Å². The number of sulfonamides is 1. The molecular weight excluding hydrogens is 258 g/mol. The summed E-state index contributed by atoms with van der Waals surface area (Å²) in [5, 5.41) is 6.01. The summed E-state index contributed by atoms with van der Waals surface area (Å²) in [4.78, 5) is 0. The van der Waals surface area contributed by atoms with Crippen LogP contribution in [0.1, 0.15) is 5.56 Å². The fourth-order valence-electron chi connectivity index (χ4n) is 1.58. The fourth-order valence-corrected chi connectivity index (χ4v) is 3.38. The van der Waals surface area contributed by atoms with Gasteiger partial charge in [-0.05, 0) is 29.5 Å². The highest BCUT2D eigenvalue weighted by atomic mass is 32.2. The van der Waals surface area contributed by atoms with E-state index in [4.69, 9.17) is 9.88 Å². The Kier molecular flexibility index (Phi) is 3.48. The average Bonchev–Trinajstić information content (AvgIpc) is 2.68. The summed E-state index contributed by atoms with van der Waals surface area (Å²) in [5.41, 5.74) is 1.12. The predicted octanol–water partition coefficient (Wildman–Crippen LogP) is 1.74. The van der Waals surface area contributed by atoms with E-state index >= 15 is 0 Å². The van der Waals surface area contributed by atoms with Gasteiger partial charge in [0.1, 0.15) is 4.21 Å². The monoisotopic (exact) mass is 271 g/mol. The smallest absolute Gasteiger partial charge is 0.247 e. The summed E-state index contributed by atoms with van der Waals surface area (Å²) in [6, 6.07) is 7.48. The summed E-state index contributed by atoms with van der Waals surface area (Å²) < 4.78 is 28.6. The third kappa shape index (κ3) is 2.84. The molecule has 0 amide bonds. The Hall–Kier alpha value is -0.950. The molecule has 2 rings (SSSR count). The highest BCUT2D eigenvalue weighted by molar-refractivity contribution is 7.91. The third-order valence-corrected chi connectivity index (χ3v) is 4.97. The topological polar surface area (TPSA) is 69.4 Å². The molecule has 0 radical (unpaired) electrons. The average molecular weight is 271 g/mol. The van der Waals surface area contributed by atoms with Gasteiger partial charge in [-0.15, -0.1) is 11.3 Å². The predicted molar refractivity (Wildman–Crippen MR) is 68.8 cm³/mol. The second-order valence-corrected chi connectivity index (χ2v) is 6.60. The highest BCUT2D eigenvalue weighted by Gasteiger charge is 2.12. The van der Waals surface area contributed by atoms with Crippen molar-refractivity contribution in [2.24, 2.45) is 5.14 Å². The molecule has 2 aromatic rings. The zero-order chi connectivity index (χ0) is 12.5. The first-order chi connectivity index (χ1) is 8.00. The Balaban J connectivity index is 2.41. The van der Waals surface area contributed by atoms with Crippen LogP contribution < -0.4 is 5.14 Å². The van der Waals surface area contributed by atoms with Crippen LogP contribution in [-0.2, 0) is 21.2 Å². The zero-order valence-electron chi connectivity index (χ0n) is 9.34. The second-order valence-electron chi connectivity index (χ2n) is 3.73. The van der Waals surface area contributed by atoms with Crippen LogP contribution in [0.4, 0.5) is 0 Å². The van der Waals surface area contributed by atoms with Gasteiger partial charge in [0, 0.05) is 11.8 Å². The van der Waals surface area contributed by atoms with Crippen LogP contribution >= 0.6 is 11.3 Å². The van der Waals surface area contributed by atoms with Crippen molar-refractivity contribution in [2.45, 2.75) is 10.6 Å². The van der Waals surface area contributed by atoms with Crippen LogP contribution in [-0.4, -0.2) is 22.1 Å². The van der Waals surface area contributed by atoms with E-state index < -0.39 is 10.0 Å². The first-order valence-electron chi connectivity index (χ1n) is 5.05. The Labute approximate surface area is 104 Å². The standard InChI is InChI=1S/C11H13NO3S2/c1-15-5-4-8-2-3-10-9(6-8)7-11(16-10)17(12,13)14/h2-3,6-7H,4-5H2,1H3,(H2,12,13,14). The molecular formula is C11H13NO3S2. The molecule has 0 spiro atoms. The molecule has 1 heterocycles. The van der Waals surface area contributed by atoms with Gasteiger partial charge in [-0.2, -0.15) is 0 Å². The Bertz CT molecular complexity index is 631. The SMILES string of the molecule is COCCc1ccc2sc(S(N)(=O)=O)cc2c1. The van der Waals surface area contributed by atoms with Gasteiger partial charge in [0.05, 0.1) is 6.61 Å². The molecule has 0 saturated carbocycles. The number of methoxy groups -OCH3 is 1. The lowest BCUT2D eigenvalue weighted by Crippen LogP contribution is -2.09. The van der Waals surface area contributed by atoms with Crippen molar-refractivity contribution >= 4 is 31.4 Å². The van der Waals surface area contributed by atoms with E-state index in [1.807, 2.05) is 18.2 Å². The maximum Gasteiger partial charge on any atom is 0.247 e. The number of benzene rings is 1. The van der Waals surface area contributed by atoms with Gasteiger partial charge >= 0.3 is 0 Å². The van der Waals surface area contributed by atoms with E-state index in [1.54, 1.807) is 13.2 Å². The quantitative estimate of drug-likeness (QED) is 0.920. The molecule has 6 heteroatoms. The van der Waals surface area contributed by atoms with Gasteiger partial charge in [0.25, 0.3) is 0 Å². The summed E-state index contributed by atoms with van der Waals surface area (Å²) in [7, 11) is -1.95. The molecule has 1 aromatic carbocycles. The van der Waals surface area contributed by atoms with Crippen molar-refractivity contribution in [3.8, 4) is 0 Å². The van der Waals surface area contributed by atoms with Crippen LogP contribution in [0.3, 0.4) is 0 Å². The molecule has 0 saturated heterocycles. The van der Waals surface area contributed by atoms with Crippen molar-refractivity contribution in [2.75, 3.05) is 13.7 Å². The first kappa shape index (κ1) is 12.5. The number of primary sulfonamides is 1. The fraction of sp³-hybridized carbons (Fsp3) is 0.273. The highest BCUT2D eigenvalue weighted by Crippen LogP contribution is 2.29. The molecule has 0 aliphatic heterocycles. The lowest BCUT2D eigenvalue weighted by Gasteiger charge is -1.99. The first-order valence-corrected chi connectivity index (χ1v) is 7.41. The molecule has 0 fully saturated rings. The number of hydrogen-bond donors (Lipinski definition) is 1. The maximum absolute atomic E-state index is 11.2. The molecule has 4 nitrogen and oxygen atoms in total. The normalized spacial score (nSPS) is 12.1. The number of rotatable bonds is 4. The molecule has 17 heavy (non-hydrogen) atoms. The van der Waals surface area contributed by atoms with Crippen LogP contribution in [0.2, 0.25) is 0 Å².